The number of aromatic hydroxyl groups is 2. The predicted molar refractivity (Wildman–Crippen MR) is 72.1 cm³/mol. The van der Waals surface area contributed by atoms with Crippen molar-refractivity contribution in [2.75, 3.05) is 5.32 Å². The van der Waals surface area contributed by atoms with Crippen molar-refractivity contribution in [3.63, 3.8) is 0 Å². The Morgan fingerprint density at radius 3 is 2.58 bits per heavy atom. The van der Waals surface area contributed by atoms with Gasteiger partial charge in [0, 0.05) is 17.8 Å². The molecule has 0 unspecified atom stereocenters. The number of hydrogen-bond acceptors (Lipinski definition) is 4. The molecule has 0 atom stereocenters. The van der Waals surface area contributed by atoms with Crippen LogP contribution in [0.4, 0.5) is 5.69 Å². The summed E-state index contributed by atoms with van der Waals surface area (Å²) in [5, 5.41) is 21.2. The van der Waals surface area contributed by atoms with Crippen LogP contribution in [0.15, 0.2) is 42.5 Å². The van der Waals surface area contributed by atoms with E-state index >= 15 is 0 Å². The van der Waals surface area contributed by atoms with Crippen LogP contribution in [0.1, 0.15) is 15.9 Å². The Morgan fingerprint density at radius 1 is 1.11 bits per heavy atom. The van der Waals surface area contributed by atoms with Gasteiger partial charge >= 0.3 is 0 Å². The molecule has 0 aromatic heterocycles. The Bertz CT molecular complexity index is 611. The lowest BCUT2D eigenvalue weighted by Gasteiger charge is -2.07. The Morgan fingerprint density at radius 2 is 1.89 bits per heavy atom. The molecule has 0 saturated carbocycles. The molecule has 5 N–H and O–H groups in total. The maximum Gasteiger partial charge on any atom is 0.255 e. The summed E-state index contributed by atoms with van der Waals surface area (Å²) < 4.78 is 0. The molecule has 0 aliphatic rings. The van der Waals surface area contributed by atoms with Crippen LogP contribution >= 0.6 is 0 Å². The normalized spacial score (nSPS) is 10.2. The van der Waals surface area contributed by atoms with E-state index in [-0.39, 0.29) is 23.0 Å². The maximum atomic E-state index is 11.9. The third kappa shape index (κ3) is 3.02. The summed E-state index contributed by atoms with van der Waals surface area (Å²) in [6.45, 7) is 0.393. The monoisotopic (exact) mass is 258 g/mol. The SMILES string of the molecule is NCc1cccc(NC(=O)c2ccc(O)c(O)c2)c1. The van der Waals surface area contributed by atoms with Gasteiger partial charge in [0.25, 0.3) is 5.91 Å². The van der Waals surface area contributed by atoms with Gasteiger partial charge in [0.05, 0.1) is 0 Å². The fraction of sp³-hybridized carbons (Fsp3) is 0.0714. The van der Waals surface area contributed by atoms with E-state index in [0.29, 0.717) is 12.2 Å². The summed E-state index contributed by atoms with van der Waals surface area (Å²) in [5.41, 5.74) is 7.32. The van der Waals surface area contributed by atoms with E-state index in [9.17, 15) is 15.0 Å². The van der Waals surface area contributed by atoms with E-state index in [4.69, 9.17) is 5.73 Å². The van der Waals surface area contributed by atoms with Crippen molar-refractivity contribution in [3.8, 4) is 11.5 Å². The molecule has 2 rings (SSSR count). The fourth-order valence-corrected chi connectivity index (χ4v) is 1.64. The van der Waals surface area contributed by atoms with Gasteiger partial charge in [-0.25, -0.2) is 0 Å². The highest BCUT2D eigenvalue weighted by Gasteiger charge is 2.09. The van der Waals surface area contributed by atoms with Crippen LogP contribution in [0, 0.1) is 0 Å². The molecular formula is C14H14N2O3. The number of carbonyl (C=O) groups excluding carboxylic acids is 1. The van der Waals surface area contributed by atoms with Crippen molar-refractivity contribution in [2.45, 2.75) is 6.54 Å². The lowest BCUT2D eigenvalue weighted by atomic mass is 10.1. The Kier molecular flexibility index (Phi) is 3.68. The third-order valence-corrected chi connectivity index (χ3v) is 2.66. The molecule has 0 fully saturated rings. The topological polar surface area (TPSA) is 95.6 Å². The van der Waals surface area contributed by atoms with Crippen LogP contribution in [-0.4, -0.2) is 16.1 Å². The molecular weight excluding hydrogens is 244 g/mol. The molecule has 98 valence electrons. The first-order chi connectivity index (χ1) is 9.10. The molecule has 2 aromatic carbocycles. The number of carbonyl (C=O) groups is 1. The minimum atomic E-state index is -0.371. The third-order valence-electron chi connectivity index (χ3n) is 2.66. The Hall–Kier alpha value is -2.53. The molecule has 1 amide bonds. The van der Waals surface area contributed by atoms with Crippen LogP contribution in [0.3, 0.4) is 0 Å². The van der Waals surface area contributed by atoms with Crippen LogP contribution < -0.4 is 11.1 Å². The summed E-state index contributed by atoms with van der Waals surface area (Å²) in [6, 6.07) is 11.1. The number of phenolic OH excluding ortho intramolecular Hbond substituents is 2. The predicted octanol–water partition coefficient (Wildman–Crippen LogP) is 1.81. The van der Waals surface area contributed by atoms with Crippen LogP contribution in [0.25, 0.3) is 0 Å². The summed E-state index contributed by atoms with van der Waals surface area (Å²) >= 11 is 0. The molecule has 0 aliphatic heterocycles. The highest BCUT2D eigenvalue weighted by atomic mass is 16.3. The number of nitrogens with two attached hydrogens (primary N) is 1. The number of hydrogen-bond donors (Lipinski definition) is 4. The van der Waals surface area contributed by atoms with Crippen molar-refractivity contribution >= 4 is 11.6 Å². The molecule has 5 heteroatoms. The molecule has 2 aromatic rings. The lowest BCUT2D eigenvalue weighted by molar-refractivity contribution is 0.102. The van der Waals surface area contributed by atoms with Crippen molar-refractivity contribution in [2.24, 2.45) is 5.73 Å². The van der Waals surface area contributed by atoms with E-state index in [2.05, 4.69) is 5.32 Å². The van der Waals surface area contributed by atoms with Gasteiger partial charge in [0.2, 0.25) is 0 Å². The number of rotatable bonds is 3. The highest BCUT2D eigenvalue weighted by Crippen LogP contribution is 2.25. The van der Waals surface area contributed by atoms with Gasteiger partial charge in [-0.05, 0) is 35.9 Å². The summed E-state index contributed by atoms with van der Waals surface area (Å²) in [4.78, 5) is 11.9. The minimum absolute atomic E-state index is 0.258. The molecule has 0 aliphatic carbocycles. The number of anilines is 1. The Labute approximate surface area is 110 Å². The van der Waals surface area contributed by atoms with Crippen molar-refractivity contribution in [1.82, 2.24) is 0 Å². The first kappa shape index (κ1) is 12.9. The molecule has 0 spiro atoms. The van der Waals surface area contributed by atoms with Gasteiger partial charge in [-0.1, -0.05) is 12.1 Å². The van der Waals surface area contributed by atoms with Crippen molar-refractivity contribution < 1.29 is 15.0 Å². The zero-order chi connectivity index (χ0) is 13.8. The minimum Gasteiger partial charge on any atom is -0.504 e. The molecule has 5 nitrogen and oxygen atoms in total. The zero-order valence-corrected chi connectivity index (χ0v) is 10.1. The molecule has 0 saturated heterocycles. The number of nitrogens with one attached hydrogen (secondary N) is 1. The molecule has 0 heterocycles. The standard InChI is InChI=1S/C14H14N2O3/c15-8-9-2-1-3-11(6-9)16-14(19)10-4-5-12(17)13(18)7-10/h1-7,17-18H,8,15H2,(H,16,19). The van der Waals surface area contributed by atoms with Gasteiger partial charge in [-0.2, -0.15) is 0 Å². The maximum absolute atomic E-state index is 11.9. The second-order valence-corrected chi connectivity index (χ2v) is 4.06. The highest BCUT2D eigenvalue weighted by molar-refractivity contribution is 6.04. The lowest BCUT2D eigenvalue weighted by Crippen LogP contribution is -2.12. The van der Waals surface area contributed by atoms with Gasteiger partial charge in [-0.15, -0.1) is 0 Å². The van der Waals surface area contributed by atoms with E-state index in [1.807, 2.05) is 6.07 Å². The van der Waals surface area contributed by atoms with Crippen molar-refractivity contribution in [3.05, 3.63) is 53.6 Å². The molecule has 0 bridgehead atoms. The first-order valence-corrected chi connectivity index (χ1v) is 5.72. The van der Waals surface area contributed by atoms with Crippen LogP contribution in [0.5, 0.6) is 11.5 Å². The van der Waals surface area contributed by atoms with Gasteiger partial charge in [0.1, 0.15) is 0 Å². The van der Waals surface area contributed by atoms with Gasteiger partial charge in [-0.3, -0.25) is 4.79 Å². The van der Waals surface area contributed by atoms with Crippen LogP contribution in [-0.2, 0) is 6.54 Å². The largest absolute Gasteiger partial charge is 0.504 e. The zero-order valence-electron chi connectivity index (χ0n) is 10.1. The molecule has 19 heavy (non-hydrogen) atoms. The summed E-state index contributed by atoms with van der Waals surface area (Å²) in [5.74, 6) is -0.963. The van der Waals surface area contributed by atoms with E-state index < -0.39 is 0 Å². The second kappa shape index (κ2) is 5.41. The van der Waals surface area contributed by atoms with E-state index in [0.717, 1.165) is 5.56 Å². The summed E-state index contributed by atoms with van der Waals surface area (Å²) in [7, 11) is 0. The fourth-order valence-electron chi connectivity index (χ4n) is 1.64. The van der Waals surface area contributed by atoms with Crippen LogP contribution in [0.2, 0.25) is 0 Å². The van der Waals surface area contributed by atoms with Crippen molar-refractivity contribution in [1.29, 1.82) is 0 Å². The number of benzene rings is 2. The van der Waals surface area contributed by atoms with E-state index in [1.165, 1.54) is 18.2 Å². The number of phenols is 2. The average molecular weight is 258 g/mol. The van der Waals surface area contributed by atoms with E-state index in [1.54, 1.807) is 18.2 Å². The Balaban J connectivity index is 2.18. The molecule has 0 radical (unpaired) electrons. The first-order valence-electron chi connectivity index (χ1n) is 5.72. The average Bonchev–Trinajstić information content (AvgIpc) is 2.42. The second-order valence-electron chi connectivity index (χ2n) is 4.06. The van der Waals surface area contributed by atoms with Gasteiger partial charge < -0.3 is 21.3 Å². The smallest absolute Gasteiger partial charge is 0.255 e. The number of amides is 1. The van der Waals surface area contributed by atoms with Gasteiger partial charge in [0.15, 0.2) is 11.5 Å². The quantitative estimate of drug-likeness (QED) is 0.631. The summed E-state index contributed by atoms with van der Waals surface area (Å²) in [6.07, 6.45) is 0.